The lowest BCUT2D eigenvalue weighted by Crippen LogP contribution is -2.02. The molecule has 0 fully saturated rings. The Kier molecular flexibility index (Phi) is 3.52. The fourth-order valence-electron chi connectivity index (χ4n) is 1.46. The molecular formula is C11H10FN3O2S. The van der Waals surface area contributed by atoms with Crippen LogP contribution in [0.25, 0.3) is 0 Å². The van der Waals surface area contributed by atoms with Crippen LogP contribution in [0, 0.1) is 22.9 Å². The minimum Gasteiger partial charge on any atom is -0.373 e. The quantitative estimate of drug-likeness (QED) is 0.682. The van der Waals surface area contributed by atoms with Crippen molar-refractivity contribution >= 4 is 22.7 Å². The van der Waals surface area contributed by atoms with Crippen molar-refractivity contribution in [3.63, 3.8) is 0 Å². The highest BCUT2D eigenvalue weighted by molar-refractivity contribution is 7.11. The number of nitro benzene ring substituents is 1. The van der Waals surface area contributed by atoms with E-state index in [0.29, 0.717) is 6.54 Å². The van der Waals surface area contributed by atoms with E-state index in [1.807, 2.05) is 6.92 Å². The van der Waals surface area contributed by atoms with Crippen LogP contribution in [0.3, 0.4) is 0 Å². The maximum absolute atomic E-state index is 12.9. The number of halogens is 1. The third-order valence-electron chi connectivity index (χ3n) is 2.26. The summed E-state index contributed by atoms with van der Waals surface area (Å²) in [6.45, 7) is 2.31. The first-order chi connectivity index (χ1) is 8.56. The van der Waals surface area contributed by atoms with Crippen LogP contribution in [-0.2, 0) is 6.54 Å². The molecule has 18 heavy (non-hydrogen) atoms. The van der Waals surface area contributed by atoms with E-state index in [2.05, 4.69) is 10.3 Å². The number of aryl methyl sites for hydroxylation is 1. The standard InChI is InChI=1S/C11H10FN3O2S/c1-7-5-14-11(18-7)6-13-9-3-2-8(12)4-10(9)15(16)17/h2-5,13H,6H2,1H3. The Hall–Kier alpha value is -2.02. The van der Waals surface area contributed by atoms with Gasteiger partial charge in [-0.25, -0.2) is 9.37 Å². The summed E-state index contributed by atoms with van der Waals surface area (Å²) in [6.07, 6.45) is 1.74. The van der Waals surface area contributed by atoms with Crippen LogP contribution >= 0.6 is 11.3 Å². The van der Waals surface area contributed by atoms with Crippen molar-refractivity contribution in [2.75, 3.05) is 5.32 Å². The zero-order chi connectivity index (χ0) is 13.1. The van der Waals surface area contributed by atoms with Crippen molar-refractivity contribution in [2.24, 2.45) is 0 Å². The Bertz CT molecular complexity index is 585. The van der Waals surface area contributed by atoms with Gasteiger partial charge in [-0.15, -0.1) is 11.3 Å². The second-order valence-electron chi connectivity index (χ2n) is 3.64. The molecule has 0 aliphatic rings. The van der Waals surface area contributed by atoms with Crippen molar-refractivity contribution in [3.8, 4) is 0 Å². The maximum atomic E-state index is 12.9. The molecule has 0 spiro atoms. The molecule has 0 saturated carbocycles. The minimum atomic E-state index is -0.627. The lowest BCUT2D eigenvalue weighted by molar-refractivity contribution is -0.384. The highest BCUT2D eigenvalue weighted by atomic mass is 32.1. The van der Waals surface area contributed by atoms with Crippen molar-refractivity contribution in [2.45, 2.75) is 13.5 Å². The number of rotatable bonds is 4. The molecule has 7 heteroatoms. The van der Waals surface area contributed by atoms with Crippen molar-refractivity contribution in [1.29, 1.82) is 0 Å². The molecule has 0 aliphatic carbocycles. The molecule has 0 unspecified atom stereocenters. The predicted octanol–water partition coefficient (Wildman–Crippen LogP) is 3.11. The van der Waals surface area contributed by atoms with Crippen LogP contribution in [0.15, 0.2) is 24.4 Å². The molecule has 2 aromatic rings. The summed E-state index contributed by atoms with van der Waals surface area (Å²) in [4.78, 5) is 15.4. The monoisotopic (exact) mass is 267 g/mol. The molecule has 0 atom stereocenters. The van der Waals surface area contributed by atoms with Gasteiger partial charge in [0.2, 0.25) is 0 Å². The Morgan fingerprint density at radius 3 is 2.94 bits per heavy atom. The SMILES string of the molecule is Cc1cnc(CNc2ccc(F)cc2[N+](=O)[O-])s1. The summed E-state index contributed by atoms with van der Waals surface area (Å²) in [7, 11) is 0. The molecule has 1 N–H and O–H groups in total. The molecule has 94 valence electrons. The lowest BCUT2D eigenvalue weighted by Gasteiger charge is -2.05. The van der Waals surface area contributed by atoms with E-state index in [-0.39, 0.29) is 11.4 Å². The van der Waals surface area contributed by atoms with Crippen LogP contribution in [0.4, 0.5) is 15.8 Å². The van der Waals surface area contributed by atoms with E-state index in [0.717, 1.165) is 16.0 Å². The molecule has 1 aromatic carbocycles. The van der Waals surface area contributed by atoms with Gasteiger partial charge in [0.1, 0.15) is 16.5 Å². The van der Waals surface area contributed by atoms with Crippen LogP contribution in [0.2, 0.25) is 0 Å². The van der Waals surface area contributed by atoms with E-state index in [9.17, 15) is 14.5 Å². The minimum absolute atomic E-state index is 0.275. The van der Waals surface area contributed by atoms with Gasteiger partial charge >= 0.3 is 0 Å². The van der Waals surface area contributed by atoms with Crippen LogP contribution in [0.5, 0.6) is 0 Å². The van der Waals surface area contributed by atoms with E-state index in [4.69, 9.17) is 0 Å². The van der Waals surface area contributed by atoms with Crippen LogP contribution in [0.1, 0.15) is 9.88 Å². The summed E-state index contributed by atoms with van der Waals surface area (Å²) >= 11 is 1.51. The molecule has 0 bridgehead atoms. The Balaban J connectivity index is 2.16. The van der Waals surface area contributed by atoms with E-state index in [1.54, 1.807) is 6.20 Å². The Labute approximate surface area is 106 Å². The normalized spacial score (nSPS) is 10.3. The highest BCUT2D eigenvalue weighted by Gasteiger charge is 2.14. The molecule has 0 aliphatic heterocycles. The fraction of sp³-hybridized carbons (Fsp3) is 0.182. The van der Waals surface area contributed by atoms with Crippen LogP contribution in [-0.4, -0.2) is 9.91 Å². The van der Waals surface area contributed by atoms with Gasteiger partial charge in [-0.05, 0) is 19.1 Å². The average molecular weight is 267 g/mol. The summed E-state index contributed by atoms with van der Waals surface area (Å²) in [6, 6.07) is 3.44. The Morgan fingerprint density at radius 2 is 2.33 bits per heavy atom. The van der Waals surface area contributed by atoms with Crippen molar-refractivity contribution < 1.29 is 9.31 Å². The summed E-state index contributed by atoms with van der Waals surface area (Å²) in [5.74, 6) is -0.627. The number of thiazole rings is 1. The topological polar surface area (TPSA) is 68.1 Å². The number of anilines is 1. The second-order valence-corrected chi connectivity index (χ2v) is 4.96. The lowest BCUT2D eigenvalue weighted by atomic mass is 10.2. The van der Waals surface area contributed by atoms with Gasteiger partial charge in [-0.2, -0.15) is 0 Å². The van der Waals surface area contributed by atoms with Crippen LogP contribution < -0.4 is 5.32 Å². The van der Waals surface area contributed by atoms with Gasteiger partial charge in [0.05, 0.1) is 17.5 Å². The van der Waals surface area contributed by atoms with E-state index >= 15 is 0 Å². The van der Waals surface area contributed by atoms with E-state index < -0.39 is 10.7 Å². The average Bonchev–Trinajstić information content (AvgIpc) is 2.73. The molecule has 0 radical (unpaired) electrons. The smallest absolute Gasteiger partial charge is 0.295 e. The first kappa shape index (κ1) is 12.4. The maximum Gasteiger partial charge on any atom is 0.295 e. The number of nitrogens with zero attached hydrogens (tertiary/aromatic N) is 2. The molecule has 1 heterocycles. The highest BCUT2D eigenvalue weighted by Crippen LogP contribution is 2.25. The number of aromatic nitrogens is 1. The number of hydrogen-bond donors (Lipinski definition) is 1. The van der Waals surface area contributed by atoms with Gasteiger partial charge in [-0.3, -0.25) is 10.1 Å². The predicted molar refractivity (Wildman–Crippen MR) is 67.2 cm³/mol. The summed E-state index contributed by atoms with van der Waals surface area (Å²) in [5.41, 5.74) is 0.0116. The second kappa shape index (κ2) is 5.09. The summed E-state index contributed by atoms with van der Waals surface area (Å²) < 4.78 is 12.9. The molecule has 0 saturated heterocycles. The molecule has 2 rings (SSSR count). The zero-order valence-corrected chi connectivity index (χ0v) is 10.3. The molecule has 0 amide bonds. The fourth-order valence-corrected chi connectivity index (χ4v) is 2.19. The molecule has 1 aromatic heterocycles. The number of nitrogens with one attached hydrogen (secondary N) is 1. The van der Waals surface area contributed by atoms with E-state index in [1.165, 1.54) is 23.5 Å². The van der Waals surface area contributed by atoms with Gasteiger partial charge < -0.3 is 5.32 Å². The number of nitro groups is 1. The molecular weight excluding hydrogens is 257 g/mol. The first-order valence-corrected chi connectivity index (χ1v) is 5.97. The van der Waals surface area contributed by atoms with Crippen molar-refractivity contribution in [1.82, 2.24) is 4.98 Å². The zero-order valence-electron chi connectivity index (χ0n) is 9.51. The van der Waals surface area contributed by atoms with Gasteiger partial charge in [0, 0.05) is 11.1 Å². The van der Waals surface area contributed by atoms with Gasteiger partial charge in [0.15, 0.2) is 0 Å². The first-order valence-electron chi connectivity index (χ1n) is 5.15. The third-order valence-corrected chi connectivity index (χ3v) is 3.17. The van der Waals surface area contributed by atoms with Gasteiger partial charge in [-0.1, -0.05) is 0 Å². The number of hydrogen-bond acceptors (Lipinski definition) is 5. The Morgan fingerprint density at radius 1 is 1.56 bits per heavy atom. The van der Waals surface area contributed by atoms with Crippen molar-refractivity contribution in [3.05, 3.63) is 50.2 Å². The number of benzene rings is 1. The molecule has 5 nitrogen and oxygen atoms in total. The third kappa shape index (κ3) is 2.80. The summed E-state index contributed by atoms with van der Waals surface area (Å²) in [5, 5.41) is 14.5. The van der Waals surface area contributed by atoms with Gasteiger partial charge in [0.25, 0.3) is 5.69 Å². The largest absolute Gasteiger partial charge is 0.373 e.